The molecule has 1 aliphatic heterocycles. The zero-order valence-corrected chi connectivity index (χ0v) is 21.2. The zero-order valence-electron chi connectivity index (χ0n) is 21.2. The highest BCUT2D eigenvalue weighted by Crippen LogP contribution is 2.69. The largest absolute Gasteiger partial charge is 0.458 e. The van der Waals surface area contributed by atoms with E-state index in [9.17, 15) is 19.8 Å². The molecule has 0 amide bonds. The summed E-state index contributed by atoms with van der Waals surface area (Å²) in [7, 11) is 0. The summed E-state index contributed by atoms with van der Waals surface area (Å²) in [6.07, 6.45) is 2.69. The third kappa shape index (κ3) is 3.77. The van der Waals surface area contributed by atoms with E-state index >= 15 is 0 Å². The second-order valence-corrected chi connectivity index (χ2v) is 11.9. The maximum absolute atomic E-state index is 13.4. The summed E-state index contributed by atoms with van der Waals surface area (Å²) in [5, 5.41) is 28.5. The fourth-order valence-corrected chi connectivity index (χ4v) is 7.76. The van der Waals surface area contributed by atoms with Gasteiger partial charge in [0.05, 0.1) is 12.2 Å². The van der Waals surface area contributed by atoms with Crippen LogP contribution in [0.5, 0.6) is 0 Å². The average molecular weight is 478 g/mol. The van der Waals surface area contributed by atoms with E-state index < -0.39 is 40.0 Å². The van der Waals surface area contributed by atoms with Crippen molar-refractivity contribution in [1.29, 1.82) is 0 Å². The number of ketones is 1. The number of nitrogens with zero attached hydrogens (tertiary/aromatic N) is 1. The number of piperazine rings is 1. The first-order valence-electron chi connectivity index (χ1n) is 12.9. The Morgan fingerprint density at radius 3 is 2.56 bits per heavy atom. The molecular formula is C26H43N3O5. The Morgan fingerprint density at radius 2 is 1.91 bits per heavy atom. The molecule has 8 nitrogen and oxygen atoms in total. The van der Waals surface area contributed by atoms with Crippen molar-refractivity contribution in [2.24, 2.45) is 28.1 Å². The Bertz CT molecular complexity index is 831. The predicted molar refractivity (Wildman–Crippen MR) is 129 cm³/mol. The van der Waals surface area contributed by atoms with Crippen LogP contribution in [0.4, 0.5) is 0 Å². The fraction of sp³-hybridized carbons (Fsp3) is 0.846. The molecule has 0 aromatic heterocycles. The van der Waals surface area contributed by atoms with Gasteiger partial charge < -0.3 is 20.3 Å². The van der Waals surface area contributed by atoms with Crippen molar-refractivity contribution in [2.75, 3.05) is 32.7 Å². The molecule has 8 unspecified atom stereocenters. The SMILES string of the molecule is C=CC1(C)CC(O)C2(C)C3C(=O)CCC3(CCC2(C)OC(=O)CNN2CCNCC2)C(C)C1O. The van der Waals surface area contributed by atoms with Gasteiger partial charge in [-0.1, -0.05) is 26.8 Å². The molecule has 3 aliphatic carbocycles. The first-order valence-corrected chi connectivity index (χ1v) is 12.9. The molecule has 2 bridgehead atoms. The van der Waals surface area contributed by atoms with Gasteiger partial charge in [0, 0.05) is 49.3 Å². The normalized spacial score (nSPS) is 47.4. The van der Waals surface area contributed by atoms with E-state index in [2.05, 4.69) is 17.3 Å². The number of hydrogen-bond acceptors (Lipinski definition) is 8. The average Bonchev–Trinajstić information content (AvgIpc) is 3.17. The molecule has 8 atom stereocenters. The predicted octanol–water partition coefficient (Wildman–Crippen LogP) is 1.42. The minimum atomic E-state index is -1.01. The van der Waals surface area contributed by atoms with Gasteiger partial charge in [-0.25, -0.2) is 10.4 Å². The van der Waals surface area contributed by atoms with Crippen LogP contribution in [0.15, 0.2) is 12.7 Å². The maximum Gasteiger partial charge on any atom is 0.321 e. The smallest absolute Gasteiger partial charge is 0.321 e. The molecule has 0 radical (unpaired) electrons. The third-order valence-electron chi connectivity index (χ3n) is 10.3. The Morgan fingerprint density at radius 1 is 1.24 bits per heavy atom. The van der Waals surface area contributed by atoms with Crippen LogP contribution in [0.2, 0.25) is 0 Å². The van der Waals surface area contributed by atoms with Crippen LogP contribution >= 0.6 is 0 Å². The van der Waals surface area contributed by atoms with Crippen molar-refractivity contribution in [3.05, 3.63) is 12.7 Å². The first kappa shape index (κ1) is 25.8. The van der Waals surface area contributed by atoms with Crippen molar-refractivity contribution >= 4 is 11.8 Å². The number of carbonyl (C=O) groups excluding carboxylic acids is 2. The molecule has 192 valence electrons. The summed E-state index contributed by atoms with van der Waals surface area (Å²) in [6.45, 7) is 15.2. The number of Topliss-reactive ketones (excluding diaryl/α,β-unsaturated/α-hetero) is 1. The molecular weight excluding hydrogens is 434 g/mol. The Labute approximate surface area is 203 Å². The van der Waals surface area contributed by atoms with Crippen molar-refractivity contribution in [1.82, 2.24) is 15.8 Å². The summed E-state index contributed by atoms with van der Waals surface area (Å²) in [4.78, 5) is 26.5. The van der Waals surface area contributed by atoms with Crippen LogP contribution in [0.25, 0.3) is 0 Å². The Kier molecular flexibility index (Phi) is 6.79. The lowest BCUT2D eigenvalue weighted by molar-refractivity contribution is -0.252. The standard InChI is InChI=1S/C26H43N3O5/c1-6-23(3)15-19(31)25(5)21-18(30)7-8-26(21,17(2)22(23)33)10-9-24(25,4)34-20(32)16-28-29-13-11-27-12-14-29/h6,17,19,21-22,27-28,31,33H,1,7-16H2,2-5H3. The van der Waals surface area contributed by atoms with Crippen LogP contribution in [0.1, 0.15) is 59.8 Å². The maximum atomic E-state index is 13.4. The molecule has 0 aromatic carbocycles. The first-order chi connectivity index (χ1) is 15.9. The monoisotopic (exact) mass is 477 g/mol. The number of ether oxygens (including phenoxy) is 1. The molecule has 4 N–H and O–H groups in total. The summed E-state index contributed by atoms with van der Waals surface area (Å²) < 4.78 is 6.20. The van der Waals surface area contributed by atoms with Gasteiger partial charge in [0.1, 0.15) is 17.9 Å². The number of hydrogen-bond donors (Lipinski definition) is 4. The fourth-order valence-electron chi connectivity index (χ4n) is 7.76. The van der Waals surface area contributed by atoms with Gasteiger partial charge in [-0.2, -0.15) is 0 Å². The number of aliphatic hydroxyl groups excluding tert-OH is 2. The summed E-state index contributed by atoms with van der Waals surface area (Å²) in [5.74, 6) is -0.882. The van der Waals surface area contributed by atoms with Crippen molar-refractivity contribution in [3.63, 3.8) is 0 Å². The summed E-state index contributed by atoms with van der Waals surface area (Å²) in [6, 6.07) is 0. The van der Waals surface area contributed by atoms with Crippen LogP contribution in [-0.4, -0.2) is 77.5 Å². The highest BCUT2D eigenvalue weighted by Gasteiger charge is 2.72. The Hall–Kier alpha value is -1.32. The number of hydrazine groups is 1. The molecule has 1 heterocycles. The molecule has 0 aromatic rings. The quantitative estimate of drug-likeness (QED) is 0.348. The number of carbonyl (C=O) groups is 2. The minimum absolute atomic E-state index is 0.0466. The lowest BCUT2D eigenvalue weighted by Crippen LogP contribution is -2.69. The molecule has 1 saturated heterocycles. The van der Waals surface area contributed by atoms with E-state index in [0.29, 0.717) is 25.7 Å². The highest BCUT2D eigenvalue weighted by atomic mass is 16.6. The van der Waals surface area contributed by atoms with Crippen LogP contribution in [0.3, 0.4) is 0 Å². The highest BCUT2D eigenvalue weighted by molar-refractivity contribution is 5.86. The van der Waals surface area contributed by atoms with Gasteiger partial charge in [0.15, 0.2) is 0 Å². The number of rotatable bonds is 5. The molecule has 3 saturated carbocycles. The molecule has 4 aliphatic rings. The van der Waals surface area contributed by atoms with Gasteiger partial charge >= 0.3 is 5.97 Å². The molecule has 4 rings (SSSR count). The molecule has 4 fully saturated rings. The van der Waals surface area contributed by atoms with Gasteiger partial charge in [-0.3, -0.25) is 9.59 Å². The van der Waals surface area contributed by atoms with Gasteiger partial charge in [-0.05, 0) is 43.9 Å². The number of esters is 1. The van der Waals surface area contributed by atoms with E-state index in [1.54, 1.807) is 6.08 Å². The third-order valence-corrected chi connectivity index (χ3v) is 10.3. The lowest BCUT2D eigenvalue weighted by Gasteiger charge is -2.64. The topological polar surface area (TPSA) is 111 Å². The summed E-state index contributed by atoms with van der Waals surface area (Å²) >= 11 is 0. The minimum Gasteiger partial charge on any atom is -0.458 e. The van der Waals surface area contributed by atoms with Crippen molar-refractivity contribution in [2.45, 2.75) is 77.6 Å². The molecule has 34 heavy (non-hydrogen) atoms. The Balaban J connectivity index is 1.66. The van der Waals surface area contributed by atoms with Crippen molar-refractivity contribution < 1.29 is 24.5 Å². The van der Waals surface area contributed by atoms with Crippen molar-refractivity contribution in [3.8, 4) is 0 Å². The van der Waals surface area contributed by atoms with Gasteiger partial charge in [-0.15, -0.1) is 6.58 Å². The molecule has 8 heteroatoms. The second kappa shape index (κ2) is 8.96. The van der Waals surface area contributed by atoms with E-state index in [4.69, 9.17) is 4.74 Å². The second-order valence-electron chi connectivity index (χ2n) is 11.9. The van der Waals surface area contributed by atoms with E-state index in [-0.39, 0.29) is 30.6 Å². The number of aliphatic hydroxyl groups is 2. The number of nitrogens with one attached hydrogen (secondary N) is 2. The van der Waals surface area contributed by atoms with E-state index in [0.717, 1.165) is 26.2 Å². The van der Waals surface area contributed by atoms with Gasteiger partial charge in [0.25, 0.3) is 0 Å². The molecule has 0 spiro atoms. The zero-order chi connectivity index (χ0) is 24.9. The van der Waals surface area contributed by atoms with Crippen LogP contribution in [-0.2, 0) is 14.3 Å². The van der Waals surface area contributed by atoms with E-state index in [1.807, 2.05) is 32.7 Å². The lowest BCUT2D eigenvalue weighted by atomic mass is 9.42. The van der Waals surface area contributed by atoms with E-state index in [1.165, 1.54) is 0 Å². The van der Waals surface area contributed by atoms with Crippen LogP contribution in [0, 0.1) is 28.1 Å². The van der Waals surface area contributed by atoms with Crippen LogP contribution < -0.4 is 10.7 Å². The van der Waals surface area contributed by atoms with Gasteiger partial charge in [0.2, 0.25) is 0 Å². The summed E-state index contributed by atoms with van der Waals surface area (Å²) in [5.41, 5.74) is 0.0435.